The summed E-state index contributed by atoms with van der Waals surface area (Å²) in [7, 11) is -1.88. The fourth-order valence-electron chi connectivity index (χ4n) is 6.11. The third-order valence-corrected chi connectivity index (χ3v) is 11.2. The van der Waals surface area contributed by atoms with Crippen LogP contribution in [0.25, 0.3) is 49.7 Å². The normalized spacial score (nSPS) is 13.5. The van der Waals surface area contributed by atoms with Gasteiger partial charge in [-0.15, -0.1) is 0 Å². The van der Waals surface area contributed by atoms with Crippen molar-refractivity contribution < 1.29 is 0 Å². The van der Waals surface area contributed by atoms with Gasteiger partial charge in [-0.1, -0.05) is 73.8 Å². The predicted octanol–water partition coefficient (Wildman–Crippen LogP) is 6.52. The molecule has 4 heteroatoms. The zero-order chi connectivity index (χ0) is 24.4. The van der Waals surface area contributed by atoms with E-state index in [0.717, 1.165) is 16.8 Å². The van der Waals surface area contributed by atoms with Crippen molar-refractivity contribution in [2.75, 3.05) is 0 Å². The number of benzene rings is 4. The zero-order valence-corrected chi connectivity index (χ0v) is 21.2. The van der Waals surface area contributed by atoms with Gasteiger partial charge in [0.25, 0.3) is 0 Å². The quantitative estimate of drug-likeness (QED) is 0.266. The number of nitriles is 1. The Morgan fingerprint density at radius 3 is 2.44 bits per heavy atom. The van der Waals surface area contributed by atoms with Crippen molar-refractivity contribution in [3.63, 3.8) is 0 Å². The lowest BCUT2D eigenvalue weighted by molar-refractivity contribution is 1.18. The maximum Gasteiger partial charge on any atom is 0.141 e. The van der Waals surface area contributed by atoms with E-state index >= 15 is 0 Å². The SMILES string of the molecule is C[Si]1(C)c2ccccc2-c2ccc3c(c21)c1ccccc1n3-c1cccc(-c2ccnc(C#N)c2)c1. The van der Waals surface area contributed by atoms with Gasteiger partial charge in [0.15, 0.2) is 0 Å². The van der Waals surface area contributed by atoms with Crippen LogP contribution in [0.1, 0.15) is 5.69 Å². The number of pyridine rings is 1. The van der Waals surface area contributed by atoms with E-state index in [-0.39, 0.29) is 0 Å². The van der Waals surface area contributed by atoms with Gasteiger partial charge >= 0.3 is 0 Å². The Morgan fingerprint density at radius 2 is 1.56 bits per heavy atom. The average Bonchev–Trinajstić information content (AvgIpc) is 3.38. The molecule has 2 aromatic heterocycles. The summed E-state index contributed by atoms with van der Waals surface area (Å²) in [5.41, 5.74) is 8.86. The molecule has 0 aliphatic carbocycles. The first-order valence-electron chi connectivity index (χ1n) is 12.2. The van der Waals surface area contributed by atoms with Gasteiger partial charge in [-0.2, -0.15) is 5.26 Å². The Morgan fingerprint density at radius 1 is 0.750 bits per heavy atom. The highest BCUT2D eigenvalue weighted by atomic mass is 28.3. The first-order valence-corrected chi connectivity index (χ1v) is 15.2. The Balaban J connectivity index is 1.54. The van der Waals surface area contributed by atoms with Crippen molar-refractivity contribution in [2.24, 2.45) is 0 Å². The summed E-state index contributed by atoms with van der Waals surface area (Å²) in [6.45, 7) is 4.97. The van der Waals surface area contributed by atoms with Crippen LogP contribution in [0.2, 0.25) is 13.1 Å². The van der Waals surface area contributed by atoms with Crippen LogP contribution >= 0.6 is 0 Å². The monoisotopic (exact) mass is 477 g/mol. The minimum Gasteiger partial charge on any atom is -0.309 e. The smallest absolute Gasteiger partial charge is 0.141 e. The van der Waals surface area contributed by atoms with Crippen LogP contribution in [0.4, 0.5) is 0 Å². The van der Waals surface area contributed by atoms with Gasteiger partial charge in [0.2, 0.25) is 0 Å². The zero-order valence-electron chi connectivity index (χ0n) is 20.2. The van der Waals surface area contributed by atoms with E-state index in [9.17, 15) is 5.26 Å². The molecule has 3 nitrogen and oxygen atoms in total. The van der Waals surface area contributed by atoms with E-state index in [2.05, 4.69) is 114 Å². The first kappa shape index (κ1) is 20.9. The topological polar surface area (TPSA) is 41.6 Å². The summed E-state index contributed by atoms with van der Waals surface area (Å²) in [4.78, 5) is 4.14. The second-order valence-electron chi connectivity index (χ2n) is 10.00. The van der Waals surface area contributed by atoms with E-state index < -0.39 is 8.07 Å². The van der Waals surface area contributed by atoms with Crippen molar-refractivity contribution in [3.8, 4) is 34.0 Å². The molecule has 0 bridgehead atoms. The molecule has 0 unspecified atom stereocenters. The molecule has 1 aliphatic heterocycles. The van der Waals surface area contributed by atoms with Gasteiger partial charge in [0.1, 0.15) is 19.8 Å². The number of fused-ring (bicyclic) bond motifs is 7. The highest BCUT2D eigenvalue weighted by Gasteiger charge is 2.39. The van der Waals surface area contributed by atoms with E-state index in [1.807, 2.05) is 12.1 Å². The summed E-state index contributed by atoms with van der Waals surface area (Å²) in [6, 6.07) is 36.9. The Kier molecular flexibility index (Phi) is 4.36. The molecule has 6 aromatic rings. The number of hydrogen-bond donors (Lipinski definition) is 0. The maximum absolute atomic E-state index is 9.32. The largest absolute Gasteiger partial charge is 0.309 e. The van der Waals surface area contributed by atoms with E-state index in [1.54, 1.807) is 11.4 Å². The van der Waals surface area contributed by atoms with Gasteiger partial charge in [0.05, 0.1) is 11.0 Å². The van der Waals surface area contributed by atoms with Crippen molar-refractivity contribution in [2.45, 2.75) is 13.1 Å². The van der Waals surface area contributed by atoms with Crippen molar-refractivity contribution in [1.82, 2.24) is 9.55 Å². The molecule has 170 valence electrons. The van der Waals surface area contributed by atoms with E-state index in [0.29, 0.717) is 5.69 Å². The summed E-state index contributed by atoms with van der Waals surface area (Å²) < 4.78 is 2.40. The minimum absolute atomic E-state index is 0.428. The van der Waals surface area contributed by atoms with Gasteiger partial charge in [-0.05, 0) is 69.0 Å². The fraction of sp³-hybridized carbons (Fsp3) is 0.0625. The van der Waals surface area contributed by atoms with Crippen molar-refractivity contribution in [3.05, 3.63) is 109 Å². The number of rotatable bonds is 2. The van der Waals surface area contributed by atoms with Gasteiger partial charge < -0.3 is 4.57 Å². The van der Waals surface area contributed by atoms with Crippen LogP contribution < -0.4 is 10.4 Å². The van der Waals surface area contributed by atoms with Crippen LogP contribution in [-0.2, 0) is 0 Å². The molecule has 36 heavy (non-hydrogen) atoms. The summed E-state index contributed by atoms with van der Waals surface area (Å²) in [6.07, 6.45) is 1.70. The standard InChI is InChI=1S/C32H23N3Si/c1-36(2)30-13-6-4-10-25(30)26-14-15-29-31(32(26)36)27-11-3-5-12-28(27)35(29)24-9-7-8-21(19-24)22-16-17-34-23(18-22)20-33/h3-19H,1-2H3. The molecule has 0 atom stereocenters. The molecule has 0 spiro atoms. The molecule has 7 rings (SSSR count). The lowest BCUT2D eigenvalue weighted by Crippen LogP contribution is -2.49. The van der Waals surface area contributed by atoms with Crippen molar-refractivity contribution in [1.29, 1.82) is 5.26 Å². The molecule has 0 N–H and O–H groups in total. The molecular weight excluding hydrogens is 454 g/mol. The molecule has 1 aliphatic rings. The fourth-order valence-corrected chi connectivity index (χ4v) is 9.56. The number of para-hydroxylation sites is 1. The summed E-state index contributed by atoms with van der Waals surface area (Å²) in [5.74, 6) is 0. The number of nitrogens with zero attached hydrogens (tertiary/aromatic N) is 3. The van der Waals surface area contributed by atoms with Crippen LogP contribution in [0.15, 0.2) is 103 Å². The number of hydrogen-bond acceptors (Lipinski definition) is 2. The third kappa shape index (κ3) is 2.81. The third-order valence-electron chi connectivity index (χ3n) is 7.67. The molecule has 0 fully saturated rings. The lowest BCUT2D eigenvalue weighted by atomic mass is 10.0. The van der Waals surface area contributed by atoms with Crippen LogP contribution in [0.5, 0.6) is 0 Å². The Hall–Kier alpha value is -4.46. The van der Waals surface area contributed by atoms with Gasteiger partial charge in [0, 0.05) is 22.7 Å². The molecule has 0 amide bonds. The molecule has 0 saturated carbocycles. The molecule has 4 aromatic carbocycles. The van der Waals surface area contributed by atoms with Crippen LogP contribution in [0, 0.1) is 11.3 Å². The van der Waals surface area contributed by atoms with E-state index in [4.69, 9.17) is 0 Å². The summed E-state index contributed by atoms with van der Waals surface area (Å²) in [5, 5.41) is 15.1. The minimum atomic E-state index is -1.88. The number of aromatic nitrogens is 2. The second kappa shape index (κ2) is 7.52. The van der Waals surface area contributed by atoms with Crippen LogP contribution in [-0.4, -0.2) is 17.6 Å². The van der Waals surface area contributed by atoms with Crippen molar-refractivity contribution >= 4 is 40.3 Å². The predicted molar refractivity (Wildman–Crippen MR) is 151 cm³/mol. The average molecular weight is 478 g/mol. The molecule has 3 heterocycles. The molecular formula is C32H23N3Si. The lowest BCUT2D eigenvalue weighted by Gasteiger charge is -2.20. The highest BCUT2D eigenvalue weighted by Crippen LogP contribution is 2.38. The van der Waals surface area contributed by atoms with Gasteiger partial charge in [-0.25, -0.2) is 4.98 Å². The maximum atomic E-state index is 9.32. The Labute approximate surface area is 210 Å². The Bertz CT molecular complexity index is 1890. The highest BCUT2D eigenvalue weighted by molar-refractivity contribution is 7.05. The molecule has 0 radical (unpaired) electrons. The van der Waals surface area contributed by atoms with Gasteiger partial charge in [-0.3, -0.25) is 0 Å². The summed E-state index contributed by atoms with van der Waals surface area (Å²) >= 11 is 0. The van der Waals surface area contributed by atoms with Crippen LogP contribution in [0.3, 0.4) is 0 Å². The van der Waals surface area contributed by atoms with E-state index in [1.165, 1.54) is 38.1 Å². The second-order valence-corrected chi connectivity index (χ2v) is 14.3. The first-order chi connectivity index (χ1) is 17.6. The molecule has 0 saturated heterocycles.